The van der Waals surface area contributed by atoms with Crippen LogP contribution in [0, 0.1) is 0 Å². The van der Waals surface area contributed by atoms with Crippen molar-refractivity contribution in [3.63, 3.8) is 0 Å². The van der Waals surface area contributed by atoms with Crippen molar-refractivity contribution in [1.29, 1.82) is 0 Å². The molecule has 0 spiro atoms. The number of para-hydroxylation sites is 4. The number of hydrogen-bond acceptors (Lipinski definition) is 6. The molecule has 58 heavy (non-hydrogen) atoms. The molecule has 1 aliphatic heterocycles. The van der Waals surface area contributed by atoms with Crippen LogP contribution in [0.3, 0.4) is 0 Å². The van der Waals surface area contributed by atoms with Crippen LogP contribution in [-0.2, 0) is 0 Å². The van der Waals surface area contributed by atoms with Gasteiger partial charge >= 0.3 is 348 Å². The fraction of sp³-hybridized carbons (Fsp3) is 0. The van der Waals surface area contributed by atoms with Crippen molar-refractivity contribution in [1.82, 2.24) is 0 Å². The molecule has 9 aromatic rings. The fourth-order valence-corrected chi connectivity index (χ4v) is 14.6. The average molecular weight is 805 g/mol. The minimum absolute atomic E-state index is 0.0162. The van der Waals surface area contributed by atoms with E-state index in [0.29, 0.717) is 9.75 Å². The Kier molecular flexibility index (Phi) is 9.41. The molecular formula is C51H37N2O2PS2. The second kappa shape index (κ2) is 15.2. The first-order chi connectivity index (χ1) is 28.6. The monoisotopic (exact) mass is 804 g/mol. The molecule has 0 fully saturated rings. The molecule has 0 aliphatic carbocycles. The van der Waals surface area contributed by atoms with Crippen molar-refractivity contribution >= 4 is 86.0 Å². The molecule has 0 saturated heterocycles. The molecule has 0 radical (unpaired) electrons. The van der Waals surface area contributed by atoms with Gasteiger partial charge in [-0.2, -0.15) is 0 Å². The number of benzene rings is 7. The van der Waals surface area contributed by atoms with Crippen molar-refractivity contribution in [2.45, 2.75) is 0 Å². The maximum atomic E-state index is 14.5. The van der Waals surface area contributed by atoms with Crippen LogP contribution in [0.5, 0.6) is 0 Å². The topological polar surface area (TPSA) is 43.8 Å². The van der Waals surface area contributed by atoms with Gasteiger partial charge in [0.05, 0.1) is 0 Å². The quantitative estimate of drug-likeness (QED) is 0.148. The van der Waals surface area contributed by atoms with Crippen LogP contribution in [0.15, 0.2) is 212 Å². The number of thiophene rings is 2. The Morgan fingerprint density at radius 3 is 1.00 bits per heavy atom. The molecule has 1 N–H and O–H groups in total. The predicted octanol–water partition coefficient (Wildman–Crippen LogP) is 12.6. The summed E-state index contributed by atoms with van der Waals surface area (Å²) in [5, 5.41) is 2.39. The van der Waals surface area contributed by atoms with Crippen molar-refractivity contribution in [2.75, 3.05) is 9.80 Å². The zero-order valence-corrected chi connectivity index (χ0v) is 33.9. The van der Waals surface area contributed by atoms with Crippen LogP contribution in [0.4, 0.5) is 34.1 Å². The van der Waals surface area contributed by atoms with E-state index in [1.54, 1.807) is 0 Å². The first-order valence-corrected chi connectivity index (χ1v) is 22.8. The Morgan fingerprint density at radius 2 is 0.672 bits per heavy atom. The van der Waals surface area contributed by atoms with Gasteiger partial charge in [0.15, 0.2) is 0 Å². The van der Waals surface area contributed by atoms with Gasteiger partial charge in [0.1, 0.15) is 0 Å². The van der Waals surface area contributed by atoms with E-state index in [-0.39, 0.29) is 5.78 Å². The molecule has 10 rings (SSSR count). The van der Waals surface area contributed by atoms with Crippen LogP contribution in [0.2, 0.25) is 0 Å². The third-order valence-corrected chi connectivity index (χ3v) is 17.0. The van der Waals surface area contributed by atoms with E-state index in [2.05, 4.69) is 168 Å². The summed E-state index contributed by atoms with van der Waals surface area (Å²) in [6.07, 6.45) is 0. The first kappa shape index (κ1) is 36.0. The standard InChI is InChI=1S/C51H37N2O2PS2/c54-49-50-45(34-47(57-50)36-26-30-42(31-27-36)52(38-16-6-1-7-17-38)39-18-8-2-9-19-39)56(55,44-24-14-5-15-25-44)46-35-48(58-51(46)49)37-28-32-43(33-29-37)53(40-20-10-3-11-21-40)41-22-12-4-13-23-41/h1-35,55-56H. The van der Waals surface area contributed by atoms with Gasteiger partial charge in [0.2, 0.25) is 0 Å². The van der Waals surface area contributed by atoms with Gasteiger partial charge in [-0.15, -0.1) is 0 Å². The minimum atomic E-state index is -3.57. The number of carbonyl (C=O) groups excluding carboxylic acids is 1. The van der Waals surface area contributed by atoms with E-state index in [1.807, 2.05) is 54.6 Å². The Balaban J connectivity index is 1.01. The molecule has 0 bridgehead atoms. The number of anilines is 6. The van der Waals surface area contributed by atoms with Gasteiger partial charge < -0.3 is 0 Å². The number of hydrogen-bond donors (Lipinski definition) is 1. The van der Waals surface area contributed by atoms with Gasteiger partial charge in [0, 0.05) is 0 Å². The summed E-state index contributed by atoms with van der Waals surface area (Å²) in [7, 11) is -3.57. The third-order valence-electron chi connectivity index (χ3n) is 10.7. The van der Waals surface area contributed by atoms with Crippen LogP contribution in [0.1, 0.15) is 14.5 Å². The zero-order valence-electron chi connectivity index (χ0n) is 31.3. The van der Waals surface area contributed by atoms with Gasteiger partial charge in [-0.1, -0.05) is 0 Å². The van der Waals surface area contributed by atoms with Crippen LogP contribution in [-0.4, -0.2) is 10.7 Å². The summed E-state index contributed by atoms with van der Waals surface area (Å²) < 4.78 is 0. The Morgan fingerprint density at radius 1 is 0.379 bits per heavy atom. The molecule has 7 aromatic carbocycles. The Bertz CT molecular complexity index is 2590. The summed E-state index contributed by atoms with van der Waals surface area (Å²) in [5.41, 5.74) is 8.35. The molecule has 0 saturated carbocycles. The second-order valence-electron chi connectivity index (χ2n) is 14.2. The normalized spacial score (nSPS) is 13.3. The maximum absolute atomic E-state index is 14.5. The number of ketones is 1. The molecule has 3 heterocycles. The fourth-order valence-electron chi connectivity index (χ4n) is 7.93. The van der Waals surface area contributed by atoms with Crippen molar-refractivity contribution in [2.24, 2.45) is 0 Å². The summed E-state index contributed by atoms with van der Waals surface area (Å²) in [6.45, 7) is 0. The number of carbonyl (C=O) groups is 1. The molecule has 7 heteroatoms. The van der Waals surface area contributed by atoms with E-state index >= 15 is 0 Å². The summed E-state index contributed by atoms with van der Waals surface area (Å²) in [4.78, 5) is 35.4. The third kappa shape index (κ3) is 6.37. The van der Waals surface area contributed by atoms with Gasteiger partial charge in [0.25, 0.3) is 0 Å². The first-order valence-electron chi connectivity index (χ1n) is 19.2. The molecule has 2 aromatic heterocycles. The summed E-state index contributed by atoms with van der Waals surface area (Å²) in [5.74, 6) is -0.0162. The predicted molar refractivity (Wildman–Crippen MR) is 248 cm³/mol. The Hall–Kier alpha value is -6.40. The molecule has 0 unspecified atom stereocenters. The molecule has 4 nitrogen and oxygen atoms in total. The number of fused-ring (bicyclic) bond motifs is 2. The molecule has 0 atom stereocenters. The number of nitrogens with zero attached hydrogens (tertiary/aromatic N) is 2. The van der Waals surface area contributed by atoms with Crippen LogP contribution in [0.25, 0.3) is 20.9 Å². The molecular weight excluding hydrogens is 768 g/mol. The average Bonchev–Trinajstić information content (AvgIpc) is 3.96. The molecule has 1 aliphatic rings. The molecule has 280 valence electrons. The Labute approximate surface area is 346 Å². The van der Waals surface area contributed by atoms with Crippen molar-refractivity contribution in [3.05, 3.63) is 222 Å². The zero-order chi connectivity index (χ0) is 39.1. The van der Waals surface area contributed by atoms with E-state index in [9.17, 15) is 9.69 Å². The summed E-state index contributed by atoms with van der Waals surface area (Å²) in [6, 6.07) is 72.5. The van der Waals surface area contributed by atoms with Gasteiger partial charge in [-0.05, 0) is 0 Å². The van der Waals surface area contributed by atoms with E-state index < -0.39 is 7.49 Å². The van der Waals surface area contributed by atoms with E-state index in [4.69, 9.17) is 0 Å². The van der Waals surface area contributed by atoms with Gasteiger partial charge in [-0.3, -0.25) is 0 Å². The van der Waals surface area contributed by atoms with Crippen molar-refractivity contribution in [3.8, 4) is 20.9 Å². The second-order valence-corrected chi connectivity index (χ2v) is 19.4. The number of rotatable bonds is 9. The van der Waals surface area contributed by atoms with Crippen molar-refractivity contribution < 1.29 is 9.69 Å². The van der Waals surface area contributed by atoms with Crippen LogP contribution >= 0.6 is 30.2 Å². The SMILES string of the molecule is O=C1c2sc(-c3ccc(N(c4ccccc4)c4ccccc4)cc3)cc2[PH](O)(c2ccccc2)c2cc(-c3ccc(N(c4ccccc4)c4ccccc4)cc3)sc21. The van der Waals surface area contributed by atoms with Crippen LogP contribution < -0.4 is 25.7 Å². The molecule has 0 amide bonds. The van der Waals surface area contributed by atoms with E-state index in [1.165, 1.54) is 22.7 Å². The van der Waals surface area contributed by atoms with E-state index in [0.717, 1.165) is 70.9 Å². The summed E-state index contributed by atoms with van der Waals surface area (Å²) >= 11 is 2.97. The van der Waals surface area contributed by atoms with Gasteiger partial charge in [-0.25, -0.2) is 0 Å².